The van der Waals surface area contributed by atoms with Gasteiger partial charge in [-0.2, -0.15) is 0 Å². The molecule has 0 saturated heterocycles. The molecule has 0 radical (unpaired) electrons. The van der Waals surface area contributed by atoms with Gasteiger partial charge in [-0.05, 0) is 18.6 Å². The fraction of sp³-hybridized carbons (Fsp3) is 0.500. The third-order valence-electron chi connectivity index (χ3n) is 2.27. The molecule has 2 heteroatoms. The number of hydrogen-bond acceptors (Lipinski definition) is 2. The summed E-state index contributed by atoms with van der Waals surface area (Å²) in [5.41, 5.74) is -1.48. The molecular weight excluding hydrogens is 152 g/mol. The van der Waals surface area contributed by atoms with E-state index in [0.29, 0.717) is 6.42 Å². The maximum atomic E-state index is 11.3. The standard InChI is InChI=1S/C10H14O2/c1-4-10(12)6-5-8(11)9(2,3)7-10/h4-6,12H,1,7H2,2-3H3. The summed E-state index contributed by atoms with van der Waals surface area (Å²) >= 11 is 0. The van der Waals surface area contributed by atoms with Gasteiger partial charge in [-0.25, -0.2) is 0 Å². The van der Waals surface area contributed by atoms with E-state index in [0.717, 1.165) is 0 Å². The Hall–Kier alpha value is -0.890. The first-order valence-corrected chi connectivity index (χ1v) is 3.99. The van der Waals surface area contributed by atoms with Crippen molar-refractivity contribution in [3.63, 3.8) is 0 Å². The van der Waals surface area contributed by atoms with Crippen LogP contribution in [-0.2, 0) is 4.79 Å². The van der Waals surface area contributed by atoms with E-state index >= 15 is 0 Å². The minimum absolute atomic E-state index is 0.0639. The number of carbonyl (C=O) groups excluding carboxylic acids is 1. The van der Waals surface area contributed by atoms with Gasteiger partial charge in [0.2, 0.25) is 0 Å². The molecule has 0 amide bonds. The van der Waals surface area contributed by atoms with Crippen LogP contribution in [0.2, 0.25) is 0 Å². The molecule has 0 saturated carbocycles. The van der Waals surface area contributed by atoms with Gasteiger partial charge in [-0.1, -0.05) is 26.5 Å². The molecule has 2 nitrogen and oxygen atoms in total. The molecular formula is C10H14O2. The number of ketones is 1. The van der Waals surface area contributed by atoms with Crippen LogP contribution in [0.3, 0.4) is 0 Å². The van der Waals surface area contributed by atoms with Gasteiger partial charge >= 0.3 is 0 Å². The summed E-state index contributed by atoms with van der Waals surface area (Å²) in [6, 6.07) is 0. The van der Waals surface area contributed by atoms with Crippen LogP contribution in [0.5, 0.6) is 0 Å². The smallest absolute Gasteiger partial charge is 0.161 e. The van der Waals surface area contributed by atoms with Gasteiger partial charge in [-0.15, -0.1) is 0 Å². The number of carbonyl (C=O) groups is 1. The van der Waals surface area contributed by atoms with Crippen molar-refractivity contribution in [2.45, 2.75) is 25.9 Å². The molecule has 0 aromatic heterocycles. The van der Waals surface area contributed by atoms with Gasteiger partial charge in [0.05, 0.1) is 0 Å². The number of hydrogen-bond donors (Lipinski definition) is 1. The lowest BCUT2D eigenvalue weighted by Gasteiger charge is -2.34. The van der Waals surface area contributed by atoms with Gasteiger partial charge < -0.3 is 5.11 Å². The number of aliphatic hydroxyl groups is 1. The normalized spacial score (nSPS) is 33.4. The summed E-state index contributed by atoms with van der Waals surface area (Å²) in [5.74, 6) is 0.0639. The lowest BCUT2D eigenvalue weighted by molar-refractivity contribution is -0.125. The van der Waals surface area contributed by atoms with Crippen molar-refractivity contribution in [3.05, 3.63) is 24.8 Å². The second kappa shape index (κ2) is 2.56. The van der Waals surface area contributed by atoms with E-state index < -0.39 is 11.0 Å². The van der Waals surface area contributed by atoms with E-state index in [9.17, 15) is 9.90 Å². The molecule has 1 N–H and O–H groups in total. The Kier molecular flexibility index (Phi) is 1.96. The zero-order valence-electron chi connectivity index (χ0n) is 7.50. The zero-order chi connectivity index (χ0) is 9.41. The van der Waals surface area contributed by atoms with E-state index in [1.165, 1.54) is 18.2 Å². The second-order valence-corrected chi connectivity index (χ2v) is 3.95. The molecule has 0 spiro atoms. The van der Waals surface area contributed by atoms with Crippen molar-refractivity contribution in [3.8, 4) is 0 Å². The van der Waals surface area contributed by atoms with Crippen molar-refractivity contribution in [1.82, 2.24) is 0 Å². The monoisotopic (exact) mass is 166 g/mol. The molecule has 1 unspecified atom stereocenters. The third kappa shape index (κ3) is 1.48. The highest BCUT2D eigenvalue weighted by molar-refractivity contribution is 5.95. The van der Waals surface area contributed by atoms with Crippen molar-refractivity contribution < 1.29 is 9.90 Å². The fourth-order valence-corrected chi connectivity index (χ4v) is 1.44. The Labute approximate surface area is 72.6 Å². The molecule has 0 aliphatic heterocycles. The van der Waals surface area contributed by atoms with Gasteiger partial charge in [-0.3, -0.25) is 4.79 Å². The minimum atomic E-state index is -1.00. The predicted octanol–water partition coefficient (Wildman–Crippen LogP) is 1.46. The van der Waals surface area contributed by atoms with Crippen LogP contribution in [0.1, 0.15) is 20.3 Å². The molecule has 0 heterocycles. The summed E-state index contributed by atoms with van der Waals surface area (Å²) in [6.45, 7) is 7.19. The minimum Gasteiger partial charge on any atom is -0.382 e. The second-order valence-electron chi connectivity index (χ2n) is 3.95. The van der Waals surface area contributed by atoms with E-state index in [1.54, 1.807) is 0 Å². The number of allylic oxidation sites excluding steroid dienone is 1. The van der Waals surface area contributed by atoms with Crippen LogP contribution in [0.25, 0.3) is 0 Å². The van der Waals surface area contributed by atoms with E-state index in [1.807, 2.05) is 13.8 Å². The van der Waals surface area contributed by atoms with Gasteiger partial charge in [0, 0.05) is 5.41 Å². The number of rotatable bonds is 1. The Morgan fingerprint density at radius 3 is 2.67 bits per heavy atom. The van der Waals surface area contributed by atoms with E-state index in [2.05, 4.69) is 6.58 Å². The summed E-state index contributed by atoms with van der Waals surface area (Å²) < 4.78 is 0. The molecule has 1 aliphatic rings. The van der Waals surface area contributed by atoms with Crippen LogP contribution in [0, 0.1) is 5.41 Å². The Morgan fingerprint density at radius 2 is 2.25 bits per heavy atom. The predicted molar refractivity (Wildman–Crippen MR) is 47.7 cm³/mol. The highest BCUT2D eigenvalue weighted by Gasteiger charge is 2.38. The first-order valence-electron chi connectivity index (χ1n) is 3.99. The maximum Gasteiger partial charge on any atom is 0.161 e. The van der Waals surface area contributed by atoms with Crippen LogP contribution < -0.4 is 0 Å². The van der Waals surface area contributed by atoms with Gasteiger partial charge in [0.25, 0.3) is 0 Å². The van der Waals surface area contributed by atoms with Crippen LogP contribution in [0.4, 0.5) is 0 Å². The lowest BCUT2D eigenvalue weighted by Crippen LogP contribution is -2.38. The zero-order valence-corrected chi connectivity index (χ0v) is 7.50. The van der Waals surface area contributed by atoms with Crippen molar-refractivity contribution in [2.24, 2.45) is 5.41 Å². The van der Waals surface area contributed by atoms with E-state index in [4.69, 9.17) is 0 Å². The summed E-state index contributed by atoms with van der Waals surface area (Å²) in [5, 5.41) is 9.78. The average molecular weight is 166 g/mol. The molecule has 1 rings (SSSR count). The molecule has 0 aromatic rings. The molecule has 1 atom stereocenters. The molecule has 12 heavy (non-hydrogen) atoms. The summed E-state index contributed by atoms with van der Waals surface area (Å²) in [7, 11) is 0. The Balaban J connectivity index is 3.00. The molecule has 0 aromatic carbocycles. The van der Waals surface area contributed by atoms with Crippen molar-refractivity contribution in [2.75, 3.05) is 0 Å². The highest BCUT2D eigenvalue weighted by Crippen LogP contribution is 2.34. The lowest BCUT2D eigenvalue weighted by atomic mass is 9.73. The summed E-state index contributed by atoms with van der Waals surface area (Å²) in [4.78, 5) is 11.3. The first kappa shape index (κ1) is 9.20. The Morgan fingerprint density at radius 1 is 1.67 bits per heavy atom. The van der Waals surface area contributed by atoms with Gasteiger partial charge in [0.15, 0.2) is 5.78 Å². The topological polar surface area (TPSA) is 37.3 Å². The van der Waals surface area contributed by atoms with Crippen LogP contribution in [0.15, 0.2) is 24.8 Å². The third-order valence-corrected chi connectivity index (χ3v) is 2.27. The highest BCUT2D eigenvalue weighted by atomic mass is 16.3. The van der Waals surface area contributed by atoms with Gasteiger partial charge in [0.1, 0.15) is 5.60 Å². The van der Waals surface area contributed by atoms with Crippen LogP contribution in [-0.4, -0.2) is 16.5 Å². The maximum absolute atomic E-state index is 11.3. The van der Waals surface area contributed by atoms with E-state index in [-0.39, 0.29) is 5.78 Å². The molecule has 0 fully saturated rings. The first-order chi connectivity index (χ1) is 5.40. The summed E-state index contributed by atoms with van der Waals surface area (Å²) in [6.07, 6.45) is 4.83. The molecule has 66 valence electrons. The van der Waals surface area contributed by atoms with Crippen molar-refractivity contribution in [1.29, 1.82) is 0 Å². The SMILES string of the molecule is C=CC1(O)C=CC(=O)C(C)(C)C1. The largest absolute Gasteiger partial charge is 0.382 e. The molecule has 0 bridgehead atoms. The average Bonchev–Trinajstić information content (AvgIpc) is 1.97. The fourth-order valence-electron chi connectivity index (χ4n) is 1.44. The molecule has 1 aliphatic carbocycles. The quantitative estimate of drug-likeness (QED) is 0.599. The van der Waals surface area contributed by atoms with Crippen molar-refractivity contribution >= 4 is 5.78 Å². The van der Waals surface area contributed by atoms with Crippen LogP contribution >= 0.6 is 0 Å². The Bertz CT molecular complexity index is 251.